The van der Waals surface area contributed by atoms with Gasteiger partial charge in [-0.3, -0.25) is 4.90 Å². The van der Waals surface area contributed by atoms with Gasteiger partial charge in [-0.1, -0.05) is 12.1 Å². The molecule has 2 aromatic heterocycles. The predicted octanol–water partition coefficient (Wildman–Crippen LogP) is 2.67. The van der Waals surface area contributed by atoms with Crippen molar-refractivity contribution in [2.75, 3.05) is 31.1 Å². The van der Waals surface area contributed by atoms with E-state index in [2.05, 4.69) is 33.6 Å². The number of anilines is 1. The number of aryl methyl sites for hydroxylation is 2. The maximum atomic E-state index is 4.83. The molecule has 0 spiro atoms. The fourth-order valence-electron chi connectivity index (χ4n) is 3.45. The van der Waals surface area contributed by atoms with E-state index in [0.717, 1.165) is 66.7 Å². The second-order valence-electron chi connectivity index (χ2n) is 6.92. The van der Waals surface area contributed by atoms with E-state index in [1.54, 1.807) is 6.33 Å². The van der Waals surface area contributed by atoms with Crippen molar-refractivity contribution in [3.8, 4) is 0 Å². The fourth-order valence-corrected chi connectivity index (χ4v) is 3.45. The summed E-state index contributed by atoms with van der Waals surface area (Å²) in [5, 5.41) is 0. The van der Waals surface area contributed by atoms with E-state index < -0.39 is 0 Å². The van der Waals surface area contributed by atoms with E-state index in [9.17, 15) is 0 Å². The highest BCUT2D eigenvalue weighted by Crippen LogP contribution is 2.21. The molecule has 1 aliphatic heterocycles. The molecule has 26 heavy (non-hydrogen) atoms. The van der Waals surface area contributed by atoms with E-state index in [1.807, 2.05) is 31.2 Å². The summed E-state index contributed by atoms with van der Waals surface area (Å²) in [7, 11) is 0. The normalized spacial score (nSPS) is 15.6. The monoisotopic (exact) mass is 348 g/mol. The van der Waals surface area contributed by atoms with Crippen LogP contribution >= 0.6 is 0 Å². The van der Waals surface area contributed by atoms with Crippen LogP contribution in [0, 0.1) is 20.8 Å². The second-order valence-corrected chi connectivity index (χ2v) is 6.92. The number of para-hydroxylation sites is 2. The van der Waals surface area contributed by atoms with Gasteiger partial charge >= 0.3 is 0 Å². The molecule has 3 aromatic rings. The van der Waals surface area contributed by atoms with Crippen molar-refractivity contribution in [3.63, 3.8) is 0 Å². The Morgan fingerprint density at radius 3 is 2.27 bits per heavy atom. The first kappa shape index (κ1) is 16.8. The van der Waals surface area contributed by atoms with Crippen LogP contribution in [0.25, 0.3) is 11.0 Å². The summed E-state index contributed by atoms with van der Waals surface area (Å²) in [5.74, 6) is 1.07. The standard InChI is InChI=1S/C20H24N6/c1-14-15(2)21-13-22-20(14)26-10-8-25(9-11-26)12-19-16(3)23-17-6-4-5-7-18(17)24-19/h4-7,13H,8-12H2,1-3H3. The Bertz CT molecular complexity index is 931. The number of hydrogen-bond donors (Lipinski definition) is 0. The lowest BCUT2D eigenvalue weighted by Crippen LogP contribution is -2.46. The molecule has 6 heteroatoms. The quantitative estimate of drug-likeness (QED) is 0.725. The molecule has 3 heterocycles. The molecule has 0 atom stereocenters. The van der Waals surface area contributed by atoms with Gasteiger partial charge in [-0.25, -0.2) is 19.9 Å². The fraction of sp³-hybridized carbons (Fsp3) is 0.400. The maximum Gasteiger partial charge on any atom is 0.135 e. The van der Waals surface area contributed by atoms with E-state index in [0.29, 0.717) is 0 Å². The average Bonchev–Trinajstić information content (AvgIpc) is 2.65. The summed E-state index contributed by atoms with van der Waals surface area (Å²) in [6.07, 6.45) is 1.66. The molecular weight excluding hydrogens is 324 g/mol. The molecular formula is C20H24N6. The highest BCUT2D eigenvalue weighted by atomic mass is 15.3. The topological polar surface area (TPSA) is 58.0 Å². The van der Waals surface area contributed by atoms with Gasteiger partial charge in [0.25, 0.3) is 0 Å². The van der Waals surface area contributed by atoms with Crippen LogP contribution in [0.2, 0.25) is 0 Å². The first-order valence-corrected chi connectivity index (χ1v) is 9.09. The Kier molecular flexibility index (Phi) is 4.51. The van der Waals surface area contributed by atoms with Gasteiger partial charge in [0.1, 0.15) is 12.1 Å². The molecule has 6 nitrogen and oxygen atoms in total. The molecule has 4 rings (SSSR count). The van der Waals surface area contributed by atoms with E-state index in [-0.39, 0.29) is 0 Å². The minimum Gasteiger partial charge on any atom is -0.354 e. The Morgan fingerprint density at radius 1 is 0.846 bits per heavy atom. The first-order valence-electron chi connectivity index (χ1n) is 9.09. The molecule has 0 saturated carbocycles. The summed E-state index contributed by atoms with van der Waals surface area (Å²) in [5.41, 5.74) is 6.27. The average molecular weight is 348 g/mol. The summed E-state index contributed by atoms with van der Waals surface area (Å²) in [6.45, 7) is 11.0. The molecule has 1 aromatic carbocycles. The third-order valence-electron chi connectivity index (χ3n) is 5.20. The molecule has 1 fully saturated rings. The number of benzene rings is 1. The van der Waals surface area contributed by atoms with Gasteiger partial charge in [0.05, 0.1) is 22.4 Å². The maximum absolute atomic E-state index is 4.83. The number of hydrogen-bond acceptors (Lipinski definition) is 6. The summed E-state index contributed by atoms with van der Waals surface area (Å²) < 4.78 is 0. The number of rotatable bonds is 3. The van der Waals surface area contributed by atoms with Gasteiger partial charge in [-0.15, -0.1) is 0 Å². The van der Waals surface area contributed by atoms with Crippen LogP contribution in [0.1, 0.15) is 22.6 Å². The summed E-state index contributed by atoms with van der Waals surface area (Å²) in [6, 6.07) is 8.07. The largest absolute Gasteiger partial charge is 0.354 e. The van der Waals surface area contributed by atoms with Crippen molar-refractivity contribution in [1.82, 2.24) is 24.8 Å². The lowest BCUT2D eigenvalue weighted by atomic mass is 10.2. The number of nitrogens with zero attached hydrogens (tertiary/aromatic N) is 6. The molecule has 0 aliphatic carbocycles. The molecule has 134 valence electrons. The van der Waals surface area contributed by atoms with Crippen LogP contribution in [0.15, 0.2) is 30.6 Å². The number of piperazine rings is 1. The Hall–Kier alpha value is -2.60. The minimum atomic E-state index is 0.847. The highest BCUT2D eigenvalue weighted by Gasteiger charge is 2.21. The minimum absolute atomic E-state index is 0.847. The van der Waals surface area contributed by atoms with Crippen molar-refractivity contribution in [2.24, 2.45) is 0 Å². The second kappa shape index (κ2) is 6.96. The van der Waals surface area contributed by atoms with Crippen molar-refractivity contribution < 1.29 is 0 Å². The third kappa shape index (κ3) is 3.24. The molecule has 1 aliphatic rings. The van der Waals surface area contributed by atoms with Crippen LogP contribution in [-0.4, -0.2) is 51.0 Å². The van der Waals surface area contributed by atoms with Gasteiger partial charge in [0.15, 0.2) is 0 Å². The molecule has 0 radical (unpaired) electrons. The SMILES string of the molecule is Cc1nc2ccccc2nc1CN1CCN(c2ncnc(C)c2C)CC1. The molecule has 0 amide bonds. The van der Waals surface area contributed by atoms with Gasteiger partial charge in [0.2, 0.25) is 0 Å². The highest BCUT2D eigenvalue weighted by molar-refractivity contribution is 5.74. The van der Waals surface area contributed by atoms with Gasteiger partial charge in [-0.2, -0.15) is 0 Å². The van der Waals surface area contributed by atoms with Crippen molar-refractivity contribution in [3.05, 3.63) is 53.2 Å². The van der Waals surface area contributed by atoms with Crippen LogP contribution in [0.4, 0.5) is 5.82 Å². The molecule has 0 bridgehead atoms. The Labute approximate surface area is 153 Å². The van der Waals surface area contributed by atoms with Crippen molar-refractivity contribution in [2.45, 2.75) is 27.3 Å². The summed E-state index contributed by atoms with van der Waals surface area (Å²) >= 11 is 0. The van der Waals surface area contributed by atoms with Gasteiger partial charge in [0, 0.05) is 44.0 Å². The lowest BCUT2D eigenvalue weighted by Gasteiger charge is -2.36. The predicted molar refractivity (Wildman–Crippen MR) is 103 cm³/mol. The van der Waals surface area contributed by atoms with Crippen LogP contribution < -0.4 is 4.90 Å². The number of fused-ring (bicyclic) bond motifs is 1. The Morgan fingerprint density at radius 2 is 1.54 bits per heavy atom. The zero-order chi connectivity index (χ0) is 18.1. The van der Waals surface area contributed by atoms with Crippen LogP contribution in [0.5, 0.6) is 0 Å². The van der Waals surface area contributed by atoms with E-state index >= 15 is 0 Å². The smallest absolute Gasteiger partial charge is 0.135 e. The van der Waals surface area contributed by atoms with Gasteiger partial charge in [-0.05, 0) is 32.9 Å². The Balaban J connectivity index is 1.46. The molecule has 0 N–H and O–H groups in total. The lowest BCUT2D eigenvalue weighted by molar-refractivity contribution is 0.246. The zero-order valence-electron chi connectivity index (χ0n) is 15.6. The summed E-state index contributed by atoms with van der Waals surface area (Å²) in [4.78, 5) is 23.1. The van der Waals surface area contributed by atoms with Crippen LogP contribution in [0.3, 0.4) is 0 Å². The molecule has 0 unspecified atom stereocenters. The van der Waals surface area contributed by atoms with Crippen LogP contribution in [-0.2, 0) is 6.54 Å². The third-order valence-corrected chi connectivity index (χ3v) is 5.20. The van der Waals surface area contributed by atoms with E-state index in [4.69, 9.17) is 9.97 Å². The van der Waals surface area contributed by atoms with Crippen molar-refractivity contribution in [1.29, 1.82) is 0 Å². The molecule has 1 saturated heterocycles. The first-order chi connectivity index (χ1) is 12.6. The van der Waals surface area contributed by atoms with Crippen molar-refractivity contribution >= 4 is 16.9 Å². The number of aromatic nitrogens is 4. The van der Waals surface area contributed by atoms with E-state index in [1.165, 1.54) is 5.56 Å². The van der Waals surface area contributed by atoms with Gasteiger partial charge < -0.3 is 4.90 Å². The zero-order valence-corrected chi connectivity index (χ0v) is 15.6.